The van der Waals surface area contributed by atoms with Crippen LogP contribution in [0.1, 0.15) is 36.6 Å². The molecule has 2 N–H and O–H groups in total. The Morgan fingerprint density at radius 2 is 1.93 bits per heavy atom. The van der Waals surface area contributed by atoms with Gasteiger partial charge in [0.1, 0.15) is 5.82 Å². The Labute approximate surface area is 159 Å². The Kier molecular flexibility index (Phi) is 4.64. The number of carbonyl (C=O) groups excluding carboxylic acids is 1. The fourth-order valence-electron chi connectivity index (χ4n) is 4.21. The molecular weight excluding hydrogens is 341 g/mol. The number of hydrogen-bond donors (Lipinski definition) is 2. The zero-order chi connectivity index (χ0) is 19.0. The third-order valence-corrected chi connectivity index (χ3v) is 5.90. The number of urea groups is 1. The van der Waals surface area contributed by atoms with Crippen molar-refractivity contribution in [3.63, 3.8) is 0 Å². The third-order valence-electron chi connectivity index (χ3n) is 5.90. The van der Waals surface area contributed by atoms with E-state index in [4.69, 9.17) is 0 Å². The van der Waals surface area contributed by atoms with Crippen molar-refractivity contribution in [2.75, 3.05) is 19.6 Å². The molecule has 0 bridgehead atoms. The van der Waals surface area contributed by atoms with Gasteiger partial charge in [0.15, 0.2) is 0 Å². The molecular formula is C22H26FN3O. The lowest BCUT2D eigenvalue weighted by Crippen LogP contribution is -2.52. The molecule has 2 aliphatic rings. The van der Waals surface area contributed by atoms with E-state index < -0.39 is 0 Å². The van der Waals surface area contributed by atoms with Gasteiger partial charge in [-0.15, -0.1) is 0 Å². The van der Waals surface area contributed by atoms with Gasteiger partial charge in [-0.1, -0.05) is 50.2 Å². The second-order valence-electron chi connectivity index (χ2n) is 8.22. The fraction of sp³-hybridized carbons (Fsp3) is 0.409. The first-order chi connectivity index (χ1) is 13.0. The lowest BCUT2D eigenvalue weighted by atomic mass is 9.87. The van der Waals surface area contributed by atoms with Gasteiger partial charge in [0.2, 0.25) is 0 Å². The number of benzene rings is 2. The normalized spacial score (nSPS) is 23.7. The minimum atomic E-state index is -0.266. The molecule has 27 heavy (non-hydrogen) atoms. The molecule has 142 valence electrons. The topological polar surface area (TPSA) is 44.4 Å². The van der Waals surface area contributed by atoms with Crippen LogP contribution in [0.25, 0.3) is 0 Å². The van der Waals surface area contributed by atoms with Crippen LogP contribution in [0, 0.1) is 11.2 Å². The van der Waals surface area contributed by atoms with E-state index in [0.29, 0.717) is 6.54 Å². The Morgan fingerprint density at radius 3 is 2.63 bits per heavy atom. The van der Waals surface area contributed by atoms with E-state index in [1.54, 1.807) is 12.1 Å². The van der Waals surface area contributed by atoms with Gasteiger partial charge in [0.05, 0.1) is 6.04 Å². The fourth-order valence-corrected chi connectivity index (χ4v) is 4.21. The van der Waals surface area contributed by atoms with Crippen LogP contribution in [0.5, 0.6) is 0 Å². The molecule has 0 saturated carbocycles. The van der Waals surface area contributed by atoms with Gasteiger partial charge in [-0.05, 0) is 40.7 Å². The van der Waals surface area contributed by atoms with Crippen molar-refractivity contribution < 1.29 is 9.18 Å². The number of amides is 2. The minimum Gasteiger partial charge on any atom is -0.333 e. The summed E-state index contributed by atoms with van der Waals surface area (Å²) in [6, 6.07) is 14.6. The molecule has 2 heterocycles. The first-order valence-electron chi connectivity index (χ1n) is 9.57. The average Bonchev–Trinajstić information content (AvgIpc) is 2.99. The van der Waals surface area contributed by atoms with Crippen LogP contribution in [-0.2, 0) is 6.42 Å². The summed E-state index contributed by atoms with van der Waals surface area (Å²) >= 11 is 0. The predicted molar refractivity (Wildman–Crippen MR) is 104 cm³/mol. The van der Waals surface area contributed by atoms with E-state index in [0.717, 1.165) is 30.6 Å². The lowest BCUT2D eigenvalue weighted by molar-refractivity contribution is 0.169. The number of carbonyl (C=O) groups is 1. The van der Waals surface area contributed by atoms with Crippen LogP contribution in [0.2, 0.25) is 0 Å². The summed E-state index contributed by atoms with van der Waals surface area (Å²) in [7, 11) is 0. The van der Waals surface area contributed by atoms with Crippen LogP contribution >= 0.6 is 0 Å². The molecule has 0 radical (unpaired) electrons. The third kappa shape index (κ3) is 3.44. The van der Waals surface area contributed by atoms with E-state index in [1.807, 2.05) is 17.0 Å². The Bertz CT molecular complexity index is 834. The molecule has 2 atom stereocenters. The van der Waals surface area contributed by atoms with Crippen LogP contribution in [0.15, 0.2) is 48.5 Å². The number of halogens is 1. The molecule has 0 unspecified atom stereocenters. The summed E-state index contributed by atoms with van der Waals surface area (Å²) in [4.78, 5) is 15.1. The van der Waals surface area contributed by atoms with Crippen molar-refractivity contribution in [1.82, 2.24) is 15.5 Å². The van der Waals surface area contributed by atoms with Gasteiger partial charge in [-0.2, -0.15) is 0 Å². The zero-order valence-corrected chi connectivity index (χ0v) is 15.8. The van der Waals surface area contributed by atoms with Gasteiger partial charge in [0, 0.05) is 25.7 Å². The van der Waals surface area contributed by atoms with Crippen molar-refractivity contribution in [3.05, 3.63) is 71.0 Å². The molecule has 2 aromatic rings. The van der Waals surface area contributed by atoms with Gasteiger partial charge in [-0.25, -0.2) is 9.18 Å². The van der Waals surface area contributed by atoms with Crippen molar-refractivity contribution in [2.45, 2.75) is 32.4 Å². The Morgan fingerprint density at radius 1 is 1.19 bits per heavy atom. The summed E-state index contributed by atoms with van der Waals surface area (Å²) in [6.45, 7) is 6.65. The van der Waals surface area contributed by atoms with Crippen LogP contribution in [-0.4, -0.2) is 36.6 Å². The lowest BCUT2D eigenvalue weighted by Gasteiger charge is -2.39. The molecule has 2 amide bonds. The quantitative estimate of drug-likeness (QED) is 0.854. The Hall–Kier alpha value is -2.40. The highest BCUT2D eigenvalue weighted by molar-refractivity contribution is 5.76. The van der Waals surface area contributed by atoms with Crippen molar-refractivity contribution in [3.8, 4) is 0 Å². The average molecular weight is 367 g/mol. The first kappa shape index (κ1) is 18.0. The molecule has 1 fully saturated rings. The van der Waals surface area contributed by atoms with Crippen molar-refractivity contribution in [2.24, 2.45) is 5.41 Å². The van der Waals surface area contributed by atoms with Gasteiger partial charge >= 0.3 is 6.03 Å². The number of hydrogen-bond acceptors (Lipinski definition) is 2. The maximum absolute atomic E-state index is 13.5. The van der Waals surface area contributed by atoms with E-state index >= 15 is 0 Å². The first-order valence-corrected chi connectivity index (χ1v) is 9.57. The number of nitrogens with one attached hydrogen (secondary N) is 2. The molecule has 0 aromatic heterocycles. The molecule has 4 nitrogen and oxygen atoms in total. The summed E-state index contributed by atoms with van der Waals surface area (Å²) < 4.78 is 13.5. The highest BCUT2D eigenvalue weighted by Crippen LogP contribution is 2.35. The molecule has 2 aromatic carbocycles. The van der Waals surface area contributed by atoms with Crippen LogP contribution in [0.4, 0.5) is 9.18 Å². The summed E-state index contributed by atoms with van der Waals surface area (Å²) in [5, 5.41) is 6.59. The maximum Gasteiger partial charge on any atom is 0.318 e. The maximum atomic E-state index is 13.5. The van der Waals surface area contributed by atoms with E-state index in [-0.39, 0.29) is 29.3 Å². The standard InChI is InChI=1S/C22H26FN3O/c1-22(2)14-24-13-19(22)25-21(27)26-12-11-15-5-3-4-6-18(15)20(26)16-7-9-17(23)10-8-16/h3-10,19-20,24H,11-14H2,1-2H3,(H,25,27)/t19-,20-/m0/s1. The summed E-state index contributed by atoms with van der Waals surface area (Å²) in [5.74, 6) is -0.266. The minimum absolute atomic E-state index is 0.0225. The molecule has 0 spiro atoms. The SMILES string of the molecule is CC1(C)CNC[C@@H]1NC(=O)N1CCc2ccccc2[C@@H]1c1ccc(F)cc1. The van der Waals surface area contributed by atoms with Crippen LogP contribution < -0.4 is 10.6 Å². The highest BCUT2D eigenvalue weighted by Gasteiger charge is 2.38. The van der Waals surface area contributed by atoms with Gasteiger partial charge in [-0.3, -0.25) is 0 Å². The molecule has 5 heteroatoms. The smallest absolute Gasteiger partial charge is 0.318 e. The molecule has 1 saturated heterocycles. The van der Waals surface area contributed by atoms with Crippen molar-refractivity contribution in [1.29, 1.82) is 0 Å². The van der Waals surface area contributed by atoms with E-state index in [1.165, 1.54) is 17.7 Å². The zero-order valence-electron chi connectivity index (χ0n) is 15.8. The van der Waals surface area contributed by atoms with Gasteiger partial charge in [0.25, 0.3) is 0 Å². The second-order valence-corrected chi connectivity index (χ2v) is 8.22. The van der Waals surface area contributed by atoms with Crippen LogP contribution in [0.3, 0.4) is 0 Å². The second kappa shape index (κ2) is 6.97. The number of nitrogens with zero attached hydrogens (tertiary/aromatic N) is 1. The summed E-state index contributed by atoms with van der Waals surface area (Å²) in [5.41, 5.74) is 3.32. The monoisotopic (exact) mass is 367 g/mol. The predicted octanol–water partition coefficient (Wildman–Crippen LogP) is 3.48. The Balaban J connectivity index is 1.66. The largest absolute Gasteiger partial charge is 0.333 e. The molecule has 4 rings (SSSR count). The number of rotatable bonds is 2. The van der Waals surface area contributed by atoms with Gasteiger partial charge < -0.3 is 15.5 Å². The van der Waals surface area contributed by atoms with Crippen molar-refractivity contribution >= 4 is 6.03 Å². The molecule has 2 aliphatic heterocycles. The highest BCUT2D eigenvalue weighted by atomic mass is 19.1. The van der Waals surface area contributed by atoms with E-state index in [2.05, 4.69) is 36.6 Å². The van der Waals surface area contributed by atoms with E-state index in [9.17, 15) is 9.18 Å². The summed E-state index contributed by atoms with van der Waals surface area (Å²) in [6.07, 6.45) is 0.827. The molecule has 0 aliphatic carbocycles. The number of fused-ring (bicyclic) bond motifs is 1.